The molecular weight excluding hydrogens is 270 g/mol. The summed E-state index contributed by atoms with van der Waals surface area (Å²) in [7, 11) is 0. The monoisotopic (exact) mass is 289 g/mol. The number of ketones is 1. The third kappa shape index (κ3) is 2.67. The molecule has 0 radical (unpaired) electrons. The Hall–Kier alpha value is -2.21. The number of rotatable bonds is 5. The maximum Gasteiger partial charge on any atom is 0.326 e. The minimum absolute atomic E-state index is 0.0735. The molecule has 6 heteroatoms. The predicted octanol–water partition coefficient (Wildman–Crippen LogP) is 1.73. The van der Waals surface area contributed by atoms with Crippen LogP contribution in [0.15, 0.2) is 24.3 Å². The van der Waals surface area contributed by atoms with Crippen LogP contribution in [0.4, 0.5) is 0 Å². The van der Waals surface area contributed by atoms with Crippen LogP contribution in [0.1, 0.15) is 30.0 Å². The second kappa shape index (κ2) is 6.05. The number of fused-ring (bicyclic) bond motifs is 1. The molecule has 0 saturated heterocycles. The summed E-state index contributed by atoms with van der Waals surface area (Å²) < 4.78 is 1.23. The van der Waals surface area contributed by atoms with Gasteiger partial charge in [0.05, 0.1) is 16.7 Å². The van der Waals surface area contributed by atoms with Crippen molar-refractivity contribution in [2.45, 2.75) is 20.8 Å². The lowest BCUT2D eigenvalue weighted by atomic mass is 10.2. The van der Waals surface area contributed by atoms with Crippen molar-refractivity contribution >= 4 is 16.8 Å². The summed E-state index contributed by atoms with van der Waals surface area (Å²) in [6.45, 7) is 6.96. The summed E-state index contributed by atoms with van der Waals surface area (Å²) in [4.78, 5) is 26.7. The van der Waals surface area contributed by atoms with Crippen molar-refractivity contribution in [3.8, 4) is 0 Å². The van der Waals surface area contributed by atoms with Crippen LogP contribution in [0.3, 0.4) is 0 Å². The zero-order chi connectivity index (χ0) is 15.6. The summed E-state index contributed by atoms with van der Waals surface area (Å²) >= 11 is 0. The van der Waals surface area contributed by atoms with E-state index in [9.17, 15) is 14.9 Å². The highest BCUT2D eigenvalue weighted by molar-refractivity contribution is 5.96. The first-order valence-corrected chi connectivity index (χ1v) is 7.01. The van der Waals surface area contributed by atoms with E-state index >= 15 is 0 Å². The highest BCUT2D eigenvalue weighted by Crippen LogP contribution is 2.14. The Morgan fingerprint density at radius 2 is 1.90 bits per heavy atom. The maximum atomic E-state index is 12.4. The lowest BCUT2D eigenvalue weighted by Crippen LogP contribution is -2.37. The Morgan fingerprint density at radius 3 is 2.52 bits per heavy atom. The van der Waals surface area contributed by atoms with Gasteiger partial charge >= 0.3 is 5.69 Å². The van der Waals surface area contributed by atoms with E-state index in [2.05, 4.69) is 0 Å². The van der Waals surface area contributed by atoms with Crippen molar-refractivity contribution < 1.29 is 9.22 Å². The fourth-order valence-corrected chi connectivity index (χ4v) is 2.39. The summed E-state index contributed by atoms with van der Waals surface area (Å²) in [6.07, 6.45) is 0. The molecule has 0 bridgehead atoms. The molecule has 112 valence electrons. The average molecular weight is 289 g/mol. The molecule has 0 aliphatic carbocycles. The Labute approximate surface area is 122 Å². The molecule has 2 rings (SSSR count). The van der Waals surface area contributed by atoms with E-state index in [1.54, 1.807) is 24.3 Å². The van der Waals surface area contributed by atoms with Crippen molar-refractivity contribution in [2.75, 3.05) is 19.6 Å². The number of Topliss-reactive ketones (excluding diaryl/α,β-unsaturated/α-hetero) is 1. The Bertz CT molecular complexity index is 733. The molecule has 0 unspecified atom stereocenters. The van der Waals surface area contributed by atoms with Gasteiger partial charge < -0.3 is 9.94 Å². The average Bonchev–Trinajstić information content (AvgIpc) is 2.50. The number of carbonyl (C=O) groups is 1. The van der Waals surface area contributed by atoms with Crippen molar-refractivity contribution in [1.29, 1.82) is 0 Å². The molecule has 1 aromatic heterocycles. The number of nitrogens with zero attached hydrogens (tertiary/aromatic N) is 3. The lowest BCUT2D eigenvalue weighted by Gasteiger charge is -2.18. The number of carbonyl (C=O) groups excluding carboxylic acids is 1. The maximum absolute atomic E-state index is 12.4. The minimum Gasteiger partial charge on any atom is -0.805 e. The summed E-state index contributed by atoms with van der Waals surface area (Å²) in [6, 6.07) is 6.48. The van der Waals surface area contributed by atoms with Gasteiger partial charge in [0.15, 0.2) is 0 Å². The number of likely N-dealkylation sites (N-methyl/N-ethyl adjacent to an activating group) is 1. The molecule has 6 nitrogen and oxygen atoms in total. The highest BCUT2D eigenvalue weighted by atomic mass is 16.5. The van der Waals surface area contributed by atoms with E-state index < -0.39 is 0 Å². The van der Waals surface area contributed by atoms with Crippen molar-refractivity contribution in [1.82, 2.24) is 9.63 Å². The Kier molecular flexibility index (Phi) is 4.37. The molecule has 21 heavy (non-hydrogen) atoms. The number of hydrogen-bond donors (Lipinski definition) is 0. The topological polar surface area (TPSA) is 71.3 Å². The molecule has 2 aromatic rings. The van der Waals surface area contributed by atoms with Gasteiger partial charge in [-0.3, -0.25) is 9.69 Å². The van der Waals surface area contributed by atoms with Gasteiger partial charge in [0.25, 0.3) is 5.52 Å². The summed E-state index contributed by atoms with van der Waals surface area (Å²) in [5, 5.41) is 12.2. The van der Waals surface area contributed by atoms with Crippen molar-refractivity contribution in [3.63, 3.8) is 0 Å². The Morgan fingerprint density at radius 1 is 1.29 bits per heavy atom. The highest BCUT2D eigenvalue weighted by Gasteiger charge is 2.27. The minimum atomic E-state index is -0.332. The van der Waals surface area contributed by atoms with E-state index in [0.717, 1.165) is 0 Å². The molecule has 1 heterocycles. The predicted molar refractivity (Wildman–Crippen MR) is 80.9 cm³/mol. The molecule has 0 fully saturated rings. The lowest BCUT2D eigenvalue weighted by molar-refractivity contribution is -0.468. The smallest absolute Gasteiger partial charge is 0.326 e. The summed E-state index contributed by atoms with van der Waals surface area (Å²) in [5.41, 5.74) is 0.543. The van der Waals surface area contributed by atoms with E-state index in [0.29, 0.717) is 22.2 Å². The fraction of sp³-hybridized carbons (Fsp3) is 0.400. The second-order valence-electron chi connectivity index (χ2n) is 4.90. The van der Waals surface area contributed by atoms with Gasteiger partial charge in [-0.25, -0.2) is 0 Å². The van der Waals surface area contributed by atoms with Crippen molar-refractivity contribution in [2.24, 2.45) is 0 Å². The number of benzene rings is 1. The van der Waals surface area contributed by atoms with Crippen molar-refractivity contribution in [3.05, 3.63) is 45.8 Å². The molecule has 0 spiro atoms. The molecule has 1 aromatic carbocycles. The van der Waals surface area contributed by atoms with E-state index in [4.69, 9.17) is 0 Å². The molecule has 0 aliphatic rings. The largest absolute Gasteiger partial charge is 0.805 e. The fourth-order valence-electron chi connectivity index (χ4n) is 2.39. The van der Waals surface area contributed by atoms with Crippen LogP contribution in [-0.4, -0.2) is 35.0 Å². The van der Waals surface area contributed by atoms with Crippen LogP contribution < -0.4 is 4.43 Å². The number of aromatic nitrogens is 2. The van der Waals surface area contributed by atoms with E-state index in [1.165, 1.54) is 6.92 Å². The van der Waals surface area contributed by atoms with Gasteiger partial charge in [-0.1, -0.05) is 26.0 Å². The number of para-hydroxylation sites is 2. The molecular formula is C15H19N3O3. The van der Waals surface area contributed by atoms with E-state index in [1.807, 2.05) is 18.7 Å². The Balaban J connectivity index is 2.59. The second-order valence-corrected chi connectivity index (χ2v) is 4.90. The van der Waals surface area contributed by atoms with Crippen LogP contribution in [0.2, 0.25) is 0 Å². The molecule has 0 atom stereocenters. The third-order valence-electron chi connectivity index (χ3n) is 3.70. The number of hydrogen-bond acceptors (Lipinski definition) is 4. The summed E-state index contributed by atoms with van der Waals surface area (Å²) in [5.74, 6) is -0.332. The van der Waals surface area contributed by atoms with Gasteiger partial charge in [-0.15, -0.1) is 0 Å². The molecule has 0 saturated carbocycles. The quantitative estimate of drug-likeness (QED) is 0.621. The van der Waals surface area contributed by atoms with Crippen LogP contribution in [0.5, 0.6) is 0 Å². The SMILES string of the molecule is CCN(CC)CC(=O)c1c(C)n([O-])c2ccccc2[n+]1=O. The van der Waals surface area contributed by atoms with Gasteiger partial charge in [0.2, 0.25) is 5.78 Å². The molecule has 0 aliphatic heterocycles. The first-order chi connectivity index (χ1) is 10.0. The first kappa shape index (κ1) is 15.2. The van der Waals surface area contributed by atoms with E-state index in [-0.39, 0.29) is 34.7 Å². The van der Waals surface area contributed by atoms with Gasteiger partial charge in [-0.2, -0.15) is 0 Å². The standard InChI is InChI=1S/C15H19N3O3/c1-4-16(5-2)10-14(19)15-11(3)17(20)12-8-6-7-9-13(12)18(15)21/h6-9H,4-5,10H2,1-3H3. The van der Waals surface area contributed by atoms with Crippen LogP contribution in [0.25, 0.3) is 11.0 Å². The zero-order valence-corrected chi connectivity index (χ0v) is 12.5. The van der Waals surface area contributed by atoms with Crippen LogP contribution in [-0.2, 0) is 0 Å². The van der Waals surface area contributed by atoms with Gasteiger partial charge in [0, 0.05) is 11.0 Å². The van der Waals surface area contributed by atoms with Gasteiger partial charge in [0.1, 0.15) is 5.52 Å². The zero-order valence-electron chi connectivity index (χ0n) is 12.5. The molecule has 0 amide bonds. The van der Waals surface area contributed by atoms with Gasteiger partial charge in [-0.05, 0) is 26.1 Å². The van der Waals surface area contributed by atoms with Crippen LogP contribution >= 0.6 is 0 Å². The first-order valence-electron chi connectivity index (χ1n) is 7.01. The van der Waals surface area contributed by atoms with Crippen LogP contribution in [0, 0.1) is 17.0 Å². The third-order valence-corrected chi connectivity index (χ3v) is 3.70. The molecule has 0 N–H and O–H groups in total. The normalized spacial score (nSPS) is 11.2.